The van der Waals surface area contributed by atoms with Crippen LogP contribution in [0.15, 0.2) is 59.7 Å². The van der Waals surface area contributed by atoms with Crippen LogP contribution in [0.2, 0.25) is 0 Å². The molecular formula is C27H29N5O2. The average molecular weight is 456 g/mol. The van der Waals surface area contributed by atoms with Crippen LogP contribution in [0.1, 0.15) is 38.7 Å². The van der Waals surface area contributed by atoms with Gasteiger partial charge in [-0.2, -0.15) is 0 Å². The minimum absolute atomic E-state index is 0.102. The molecule has 0 saturated carbocycles. The zero-order valence-electron chi connectivity index (χ0n) is 19.7. The van der Waals surface area contributed by atoms with E-state index >= 15 is 0 Å². The SMILES string of the molecule is CCCCc1ccc(-n2c3nc4ccccc4nc3c3c(=O)n(CCCOCC)cnc32)cc1. The van der Waals surface area contributed by atoms with Gasteiger partial charge in [0, 0.05) is 25.4 Å². The zero-order chi connectivity index (χ0) is 23.5. The number of rotatable bonds is 9. The third-order valence-corrected chi connectivity index (χ3v) is 6.14. The van der Waals surface area contributed by atoms with Crippen molar-refractivity contribution >= 4 is 33.2 Å². The maximum Gasteiger partial charge on any atom is 0.265 e. The van der Waals surface area contributed by atoms with E-state index in [1.807, 2.05) is 35.8 Å². The predicted molar refractivity (Wildman–Crippen MR) is 136 cm³/mol. The van der Waals surface area contributed by atoms with Gasteiger partial charge in [0.25, 0.3) is 5.56 Å². The summed E-state index contributed by atoms with van der Waals surface area (Å²) < 4.78 is 9.04. The molecule has 0 spiro atoms. The van der Waals surface area contributed by atoms with Crippen LogP contribution in [-0.4, -0.2) is 37.3 Å². The summed E-state index contributed by atoms with van der Waals surface area (Å²) in [6, 6.07) is 16.2. The van der Waals surface area contributed by atoms with Crippen molar-refractivity contribution in [2.24, 2.45) is 0 Å². The van der Waals surface area contributed by atoms with Gasteiger partial charge < -0.3 is 4.74 Å². The number of para-hydroxylation sites is 2. The van der Waals surface area contributed by atoms with Crippen molar-refractivity contribution in [1.29, 1.82) is 0 Å². The number of aryl methyl sites for hydroxylation is 2. The van der Waals surface area contributed by atoms with Crippen molar-refractivity contribution in [3.8, 4) is 5.69 Å². The van der Waals surface area contributed by atoms with Gasteiger partial charge in [-0.15, -0.1) is 0 Å². The molecule has 0 atom stereocenters. The highest BCUT2D eigenvalue weighted by Gasteiger charge is 2.20. The number of benzene rings is 2. The second-order valence-electron chi connectivity index (χ2n) is 8.48. The standard InChI is InChI=1S/C27H29N5O2/c1-3-5-9-19-12-14-20(15-13-19)32-25-23(27(33)31(18-28-25)16-8-17-34-4-2)24-26(32)30-22-11-7-6-10-21(22)29-24/h6-7,10-15,18H,3-5,8-9,16-17H2,1-2H3. The number of fused-ring (bicyclic) bond motifs is 4. The van der Waals surface area contributed by atoms with Gasteiger partial charge in [0.05, 0.1) is 17.4 Å². The summed E-state index contributed by atoms with van der Waals surface area (Å²) in [7, 11) is 0. The molecule has 5 rings (SSSR count). The fourth-order valence-corrected chi connectivity index (χ4v) is 4.35. The molecule has 3 aromatic heterocycles. The molecule has 0 N–H and O–H groups in total. The molecule has 0 fully saturated rings. The lowest BCUT2D eigenvalue weighted by Crippen LogP contribution is -2.21. The summed E-state index contributed by atoms with van der Waals surface area (Å²) in [6.07, 6.45) is 5.75. The summed E-state index contributed by atoms with van der Waals surface area (Å²) in [5.41, 5.74) is 5.48. The van der Waals surface area contributed by atoms with Gasteiger partial charge in [-0.3, -0.25) is 13.9 Å². The summed E-state index contributed by atoms with van der Waals surface area (Å²) in [5.74, 6) is 0. The maximum absolute atomic E-state index is 13.6. The van der Waals surface area contributed by atoms with Crippen LogP contribution < -0.4 is 5.56 Å². The molecule has 2 aromatic carbocycles. The van der Waals surface area contributed by atoms with E-state index in [0.29, 0.717) is 42.0 Å². The highest BCUT2D eigenvalue weighted by atomic mass is 16.5. The Balaban J connectivity index is 1.70. The van der Waals surface area contributed by atoms with Crippen LogP contribution >= 0.6 is 0 Å². The Morgan fingerprint density at radius 1 is 0.912 bits per heavy atom. The molecule has 0 aliphatic heterocycles. The van der Waals surface area contributed by atoms with Crippen LogP contribution in [-0.2, 0) is 17.7 Å². The molecule has 7 nitrogen and oxygen atoms in total. The summed E-state index contributed by atoms with van der Waals surface area (Å²) in [4.78, 5) is 28.1. The second-order valence-corrected chi connectivity index (χ2v) is 8.48. The molecule has 174 valence electrons. The van der Waals surface area contributed by atoms with E-state index in [2.05, 4.69) is 31.2 Å². The highest BCUT2D eigenvalue weighted by molar-refractivity contribution is 6.05. The number of hydrogen-bond donors (Lipinski definition) is 0. The predicted octanol–water partition coefficient (Wildman–Crippen LogP) is 5.05. The maximum atomic E-state index is 13.6. The van der Waals surface area contributed by atoms with Crippen LogP contribution in [0.25, 0.3) is 38.9 Å². The molecule has 0 bridgehead atoms. The number of ether oxygens (including phenoxy) is 1. The van der Waals surface area contributed by atoms with E-state index in [-0.39, 0.29) is 5.56 Å². The van der Waals surface area contributed by atoms with Crippen LogP contribution in [0.5, 0.6) is 0 Å². The lowest BCUT2D eigenvalue weighted by Gasteiger charge is -2.09. The first-order valence-electron chi connectivity index (χ1n) is 12.0. The van der Waals surface area contributed by atoms with Crippen LogP contribution in [0.4, 0.5) is 0 Å². The first-order valence-corrected chi connectivity index (χ1v) is 12.0. The molecule has 0 aliphatic carbocycles. The van der Waals surface area contributed by atoms with E-state index in [1.54, 1.807) is 10.9 Å². The van der Waals surface area contributed by atoms with Gasteiger partial charge in [-0.1, -0.05) is 37.6 Å². The summed E-state index contributed by atoms with van der Waals surface area (Å²) in [5, 5.41) is 0.502. The molecule has 0 amide bonds. The highest BCUT2D eigenvalue weighted by Crippen LogP contribution is 2.28. The lowest BCUT2D eigenvalue weighted by molar-refractivity contribution is 0.141. The third-order valence-electron chi connectivity index (χ3n) is 6.14. The van der Waals surface area contributed by atoms with Gasteiger partial charge in [0.1, 0.15) is 10.9 Å². The number of nitrogens with zero attached hydrogens (tertiary/aromatic N) is 5. The van der Waals surface area contributed by atoms with E-state index in [0.717, 1.165) is 42.4 Å². The Morgan fingerprint density at radius 3 is 2.41 bits per heavy atom. The fraction of sp³-hybridized carbons (Fsp3) is 0.333. The molecule has 5 aromatic rings. The number of aromatic nitrogens is 5. The molecule has 0 saturated heterocycles. The normalized spacial score (nSPS) is 11.7. The minimum atomic E-state index is -0.102. The van der Waals surface area contributed by atoms with E-state index in [9.17, 15) is 4.79 Å². The Labute approximate surface area is 198 Å². The Morgan fingerprint density at radius 2 is 1.68 bits per heavy atom. The molecule has 34 heavy (non-hydrogen) atoms. The summed E-state index contributed by atoms with van der Waals surface area (Å²) in [6.45, 7) is 5.98. The van der Waals surface area contributed by atoms with E-state index < -0.39 is 0 Å². The van der Waals surface area contributed by atoms with Crippen LogP contribution in [0.3, 0.4) is 0 Å². The fourth-order valence-electron chi connectivity index (χ4n) is 4.35. The lowest BCUT2D eigenvalue weighted by atomic mass is 10.1. The topological polar surface area (TPSA) is 74.8 Å². The van der Waals surface area contributed by atoms with Gasteiger partial charge >= 0.3 is 0 Å². The molecule has 0 radical (unpaired) electrons. The van der Waals surface area contributed by atoms with E-state index in [4.69, 9.17) is 19.7 Å². The van der Waals surface area contributed by atoms with Crippen LogP contribution in [0, 0.1) is 0 Å². The first-order chi connectivity index (χ1) is 16.7. The molecule has 7 heteroatoms. The largest absolute Gasteiger partial charge is 0.382 e. The monoisotopic (exact) mass is 455 g/mol. The minimum Gasteiger partial charge on any atom is -0.382 e. The Hall–Kier alpha value is -3.58. The van der Waals surface area contributed by atoms with Crippen molar-refractivity contribution in [2.75, 3.05) is 13.2 Å². The van der Waals surface area contributed by atoms with Crippen molar-refractivity contribution in [3.63, 3.8) is 0 Å². The van der Waals surface area contributed by atoms with Crippen molar-refractivity contribution < 1.29 is 4.74 Å². The quantitative estimate of drug-likeness (QED) is 0.291. The number of unbranched alkanes of at least 4 members (excludes halogenated alkanes) is 1. The molecule has 0 aliphatic rings. The van der Waals surface area contributed by atoms with Gasteiger partial charge in [0.15, 0.2) is 11.3 Å². The number of hydrogen-bond acceptors (Lipinski definition) is 5. The van der Waals surface area contributed by atoms with Crippen molar-refractivity contribution in [2.45, 2.75) is 46.1 Å². The van der Waals surface area contributed by atoms with E-state index in [1.165, 1.54) is 5.56 Å². The molecular weight excluding hydrogens is 426 g/mol. The molecule has 3 heterocycles. The average Bonchev–Trinajstić information content (AvgIpc) is 3.19. The Bertz CT molecular complexity index is 1500. The second kappa shape index (κ2) is 9.73. The smallest absolute Gasteiger partial charge is 0.265 e. The van der Waals surface area contributed by atoms with Gasteiger partial charge in [-0.05, 0) is 56.0 Å². The summed E-state index contributed by atoms with van der Waals surface area (Å²) >= 11 is 0. The van der Waals surface area contributed by atoms with Crippen molar-refractivity contribution in [1.82, 2.24) is 24.1 Å². The first kappa shape index (κ1) is 22.2. The zero-order valence-corrected chi connectivity index (χ0v) is 19.7. The van der Waals surface area contributed by atoms with Gasteiger partial charge in [0.2, 0.25) is 0 Å². The third kappa shape index (κ3) is 4.07. The molecule has 0 unspecified atom stereocenters. The van der Waals surface area contributed by atoms with Gasteiger partial charge in [-0.25, -0.2) is 15.0 Å². The van der Waals surface area contributed by atoms with Crippen molar-refractivity contribution in [3.05, 3.63) is 70.8 Å². The Kier molecular flexibility index (Phi) is 6.36.